The number of allylic oxidation sites excluding steroid dienone is 3. The van der Waals surface area contributed by atoms with Gasteiger partial charge in [-0.1, -0.05) is 13.3 Å². The summed E-state index contributed by atoms with van der Waals surface area (Å²) < 4.78 is 0. The molecule has 97 valence electrons. The van der Waals surface area contributed by atoms with Crippen molar-refractivity contribution in [3.63, 3.8) is 0 Å². The van der Waals surface area contributed by atoms with Crippen molar-refractivity contribution in [2.75, 3.05) is 20.7 Å². The molecule has 1 rings (SSSR count). The summed E-state index contributed by atoms with van der Waals surface area (Å²) in [5, 5.41) is 12.3. The summed E-state index contributed by atoms with van der Waals surface area (Å²) in [6.45, 7) is 4.61. The lowest BCUT2D eigenvalue weighted by atomic mass is 9.96. The van der Waals surface area contributed by atoms with Crippen molar-refractivity contribution in [2.24, 2.45) is 5.92 Å². The molecule has 2 atom stereocenters. The molecule has 1 heterocycles. The van der Waals surface area contributed by atoms with Crippen molar-refractivity contribution in [1.82, 2.24) is 10.2 Å². The summed E-state index contributed by atoms with van der Waals surface area (Å²) in [5.74, 6) is 0.479. The van der Waals surface area contributed by atoms with Crippen LogP contribution in [-0.4, -0.2) is 36.9 Å². The van der Waals surface area contributed by atoms with Crippen molar-refractivity contribution >= 4 is 0 Å². The van der Waals surface area contributed by atoms with Crippen molar-refractivity contribution in [3.05, 3.63) is 23.4 Å². The molecular weight excluding hydrogens is 212 g/mol. The molecule has 0 aliphatic carbocycles. The molecule has 0 spiro atoms. The molecule has 1 aliphatic rings. The highest BCUT2D eigenvalue weighted by Crippen LogP contribution is 2.20. The SMILES string of the molecule is CC1=CC(N(C)C)NC(C(C)CCCCO)=[C]1. The van der Waals surface area contributed by atoms with Gasteiger partial charge in [0.1, 0.15) is 0 Å². The fourth-order valence-corrected chi connectivity index (χ4v) is 1.98. The Kier molecular flexibility index (Phi) is 5.72. The second-order valence-electron chi connectivity index (χ2n) is 5.06. The van der Waals surface area contributed by atoms with E-state index in [1.54, 1.807) is 0 Å². The molecule has 0 aromatic rings. The second-order valence-corrected chi connectivity index (χ2v) is 5.06. The lowest BCUT2D eigenvalue weighted by Gasteiger charge is -2.31. The highest BCUT2D eigenvalue weighted by atomic mass is 16.2. The van der Waals surface area contributed by atoms with Gasteiger partial charge in [0, 0.05) is 18.4 Å². The molecule has 0 aromatic heterocycles. The number of rotatable bonds is 6. The van der Waals surface area contributed by atoms with Crippen LogP contribution >= 0.6 is 0 Å². The largest absolute Gasteiger partial charge is 0.396 e. The van der Waals surface area contributed by atoms with Gasteiger partial charge < -0.3 is 10.4 Å². The van der Waals surface area contributed by atoms with E-state index in [1.807, 2.05) is 0 Å². The molecule has 0 aromatic carbocycles. The zero-order chi connectivity index (χ0) is 12.8. The predicted octanol–water partition coefficient (Wildman–Crippen LogP) is 1.91. The third-order valence-electron chi connectivity index (χ3n) is 3.14. The maximum atomic E-state index is 8.79. The Labute approximate surface area is 105 Å². The molecule has 0 saturated carbocycles. The average Bonchev–Trinajstić information content (AvgIpc) is 2.28. The van der Waals surface area contributed by atoms with E-state index in [4.69, 9.17) is 5.11 Å². The van der Waals surface area contributed by atoms with Gasteiger partial charge in [0.15, 0.2) is 0 Å². The number of aliphatic hydroxyl groups is 1. The Morgan fingerprint density at radius 2 is 2.18 bits per heavy atom. The smallest absolute Gasteiger partial charge is 0.0984 e. The van der Waals surface area contributed by atoms with Gasteiger partial charge in [0.05, 0.1) is 6.17 Å². The number of likely N-dealkylation sites (N-methyl/N-ethyl adjacent to an activating group) is 1. The number of nitrogens with one attached hydrogen (secondary N) is 1. The zero-order valence-corrected chi connectivity index (χ0v) is 11.5. The number of hydrogen-bond donors (Lipinski definition) is 2. The lowest BCUT2D eigenvalue weighted by molar-refractivity contribution is 0.276. The predicted molar refractivity (Wildman–Crippen MR) is 71.2 cm³/mol. The minimum atomic E-state index is 0.270. The Bertz CT molecular complexity index is 295. The highest BCUT2D eigenvalue weighted by Gasteiger charge is 2.18. The van der Waals surface area contributed by atoms with Crippen LogP contribution in [0, 0.1) is 12.0 Å². The fourth-order valence-electron chi connectivity index (χ4n) is 1.98. The van der Waals surface area contributed by atoms with Crippen LogP contribution in [0.1, 0.15) is 33.1 Å². The van der Waals surface area contributed by atoms with Crippen molar-refractivity contribution in [1.29, 1.82) is 0 Å². The zero-order valence-electron chi connectivity index (χ0n) is 11.5. The van der Waals surface area contributed by atoms with Gasteiger partial charge in [-0.25, -0.2) is 0 Å². The molecule has 0 saturated heterocycles. The van der Waals surface area contributed by atoms with Crippen molar-refractivity contribution < 1.29 is 5.11 Å². The number of unbranched alkanes of at least 4 members (excludes halogenated alkanes) is 1. The van der Waals surface area contributed by atoms with E-state index in [2.05, 4.69) is 50.3 Å². The topological polar surface area (TPSA) is 35.5 Å². The van der Waals surface area contributed by atoms with Crippen LogP contribution in [0.15, 0.2) is 17.3 Å². The monoisotopic (exact) mass is 237 g/mol. The van der Waals surface area contributed by atoms with E-state index < -0.39 is 0 Å². The van der Waals surface area contributed by atoms with E-state index in [0.29, 0.717) is 12.5 Å². The summed E-state index contributed by atoms with van der Waals surface area (Å²) in [4.78, 5) is 2.16. The second kappa shape index (κ2) is 6.82. The third-order valence-corrected chi connectivity index (χ3v) is 3.14. The lowest BCUT2D eigenvalue weighted by Crippen LogP contribution is -2.42. The molecule has 17 heavy (non-hydrogen) atoms. The molecule has 0 amide bonds. The van der Waals surface area contributed by atoms with Crippen LogP contribution in [0.25, 0.3) is 0 Å². The van der Waals surface area contributed by atoms with E-state index in [9.17, 15) is 0 Å². The van der Waals surface area contributed by atoms with Crippen LogP contribution in [0.5, 0.6) is 0 Å². The van der Waals surface area contributed by atoms with Crippen molar-refractivity contribution in [3.8, 4) is 0 Å². The summed E-state index contributed by atoms with van der Waals surface area (Å²) in [7, 11) is 4.14. The molecule has 1 aliphatic heterocycles. The maximum Gasteiger partial charge on any atom is 0.0984 e. The van der Waals surface area contributed by atoms with Gasteiger partial charge in [0.25, 0.3) is 0 Å². The minimum absolute atomic E-state index is 0.270. The first kappa shape index (κ1) is 14.3. The highest BCUT2D eigenvalue weighted by molar-refractivity contribution is 5.23. The van der Waals surface area contributed by atoms with Gasteiger partial charge >= 0.3 is 0 Å². The minimum Gasteiger partial charge on any atom is -0.396 e. The van der Waals surface area contributed by atoms with Crippen LogP contribution in [0.2, 0.25) is 0 Å². The maximum absolute atomic E-state index is 8.79. The summed E-state index contributed by atoms with van der Waals surface area (Å²) in [6, 6.07) is 0. The first-order valence-electron chi connectivity index (χ1n) is 6.40. The fraction of sp³-hybridized carbons (Fsp3) is 0.714. The van der Waals surface area contributed by atoms with E-state index in [-0.39, 0.29) is 6.17 Å². The van der Waals surface area contributed by atoms with Crippen molar-refractivity contribution in [2.45, 2.75) is 39.3 Å². The van der Waals surface area contributed by atoms with E-state index in [1.165, 1.54) is 11.3 Å². The summed E-state index contributed by atoms with van der Waals surface area (Å²) >= 11 is 0. The third kappa shape index (κ3) is 4.52. The normalized spacial score (nSPS) is 21.9. The Hall–Kier alpha value is -0.800. The molecule has 3 nitrogen and oxygen atoms in total. The van der Waals surface area contributed by atoms with Crippen LogP contribution in [-0.2, 0) is 0 Å². The first-order valence-corrected chi connectivity index (χ1v) is 6.40. The number of aliphatic hydroxyl groups excluding tert-OH is 1. The summed E-state index contributed by atoms with van der Waals surface area (Å²) in [6.07, 6.45) is 8.92. The molecular formula is C14H25N2O. The molecule has 0 bridgehead atoms. The quantitative estimate of drug-likeness (QED) is 0.693. The van der Waals surface area contributed by atoms with E-state index in [0.717, 1.165) is 19.3 Å². The first-order chi connectivity index (χ1) is 8.04. The Balaban J connectivity index is 2.55. The molecule has 2 N–H and O–H groups in total. The molecule has 3 heteroatoms. The van der Waals surface area contributed by atoms with Crippen LogP contribution in [0.4, 0.5) is 0 Å². The van der Waals surface area contributed by atoms with Gasteiger partial charge in [0.2, 0.25) is 0 Å². The average molecular weight is 237 g/mol. The molecule has 1 radical (unpaired) electrons. The van der Waals surface area contributed by atoms with Crippen LogP contribution in [0.3, 0.4) is 0 Å². The van der Waals surface area contributed by atoms with E-state index >= 15 is 0 Å². The molecule has 0 fully saturated rings. The standard InChI is InChI=1S/C14H25N2O/c1-11-9-13(12(2)7-5-6-8-17)15-14(10-11)16(3)4/h10,12,14-15,17H,5-8H2,1-4H3. The van der Waals surface area contributed by atoms with Gasteiger partial charge in [-0.15, -0.1) is 0 Å². The van der Waals surface area contributed by atoms with Gasteiger partial charge in [-0.3, -0.25) is 4.90 Å². The van der Waals surface area contributed by atoms with Crippen LogP contribution < -0.4 is 5.32 Å². The number of nitrogens with zero attached hydrogens (tertiary/aromatic N) is 1. The van der Waals surface area contributed by atoms with Gasteiger partial charge in [-0.2, -0.15) is 0 Å². The summed E-state index contributed by atoms with van der Waals surface area (Å²) in [5.41, 5.74) is 2.40. The Morgan fingerprint density at radius 1 is 1.47 bits per heavy atom. The molecule has 2 unspecified atom stereocenters. The van der Waals surface area contributed by atoms with Gasteiger partial charge in [-0.05, 0) is 51.4 Å². The number of dihydropyridines is 1. The number of hydrogen-bond acceptors (Lipinski definition) is 3. The Morgan fingerprint density at radius 3 is 2.76 bits per heavy atom.